The van der Waals surface area contributed by atoms with Crippen LogP contribution in [0.1, 0.15) is 29.2 Å². The van der Waals surface area contributed by atoms with Gasteiger partial charge in [0.1, 0.15) is 31.8 Å². The van der Waals surface area contributed by atoms with Crippen LogP contribution >= 0.6 is 0 Å². The van der Waals surface area contributed by atoms with Crippen LogP contribution in [0, 0.1) is 5.82 Å². The average molecular weight is 452 g/mol. The molecule has 3 N–H and O–H groups in total. The van der Waals surface area contributed by atoms with Crippen LogP contribution in [-0.4, -0.2) is 30.5 Å². The number of nitrogens with two attached hydrogens (primary N) is 1. The number of benzene rings is 3. The molecule has 0 amide bonds. The third kappa shape index (κ3) is 7.05. The largest absolute Gasteiger partial charge is 0.489 e. The normalized spacial score (nSPS) is 12.2. The molecule has 0 spiro atoms. The van der Waals surface area contributed by atoms with Crippen LogP contribution in [0.2, 0.25) is 0 Å². The Morgan fingerprint density at radius 3 is 2.42 bits per heavy atom. The lowest BCUT2D eigenvalue weighted by atomic mass is 10.0. The van der Waals surface area contributed by atoms with E-state index in [2.05, 4.69) is 5.16 Å². The first kappa shape index (κ1) is 23.7. The quantitative estimate of drug-likeness (QED) is 0.332. The molecule has 0 heterocycles. The lowest BCUT2D eigenvalue weighted by molar-refractivity contribution is -0.137. The highest BCUT2D eigenvalue weighted by Crippen LogP contribution is 2.22. The van der Waals surface area contributed by atoms with E-state index in [-0.39, 0.29) is 25.4 Å². The van der Waals surface area contributed by atoms with Crippen molar-refractivity contribution in [1.82, 2.24) is 0 Å². The van der Waals surface area contributed by atoms with Crippen molar-refractivity contribution in [3.05, 3.63) is 95.3 Å². The number of rotatable bonds is 11. The van der Waals surface area contributed by atoms with E-state index in [1.54, 1.807) is 30.3 Å². The maximum Gasteiger partial charge on any atom is 0.305 e. The number of hydrogen-bond donors (Lipinski definition) is 2. The van der Waals surface area contributed by atoms with Crippen molar-refractivity contribution in [2.45, 2.75) is 19.1 Å². The highest BCUT2D eigenvalue weighted by Gasteiger charge is 2.12. The number of ether oxygens (including phenoxy) is 2. The van der Waals surface area contributed by atoms with Crippen molar-refractivity contribution in [3.63, 3.8) is 0 Å². The molecule has 7 nitrogen and oxygen atoms in total. The average Bonchev–Trinajstić information content (AvgIpc) is 2.81. The Kier molecular flexibility index (Phi) is 8.37. The van der Waals surface area contributed by atoms with Crippen LogP contribution in [-0.2, 0) is 16.2 Å². The number of carbonyl (C=O) groups is 1. The monoisotopic (exact) mass is 452 g/mol. The Bertz CT molecular complexity index is 1090. The molecular formula is C25H25FN2O5. The summed E-state index contributed by atoms with van der Waals surface area (Å²) in [5.41, 5.74) is 8.53. The van der Waals surface area contributed by atoms with Gasteiger partial charge in [-0.3, -0.25) is 4.79 Å². The lowest BCUT2D eigenvalue weighted by Gasteiger charge is -2.12. The molecule has 1 atom stereocenters. The third-order valence-corrected chi connectivity index (χ3v) is 4.78. The zero-order chi connectivity index (χ0) is 23.6. The number of aliphatic carboxylic acids is 1. The molecule has 3 rings (SSSR count). The first-order valence-corrected chi connectivity index (χ1v) is 10.2. The van der Waals surface area contributed by atoms with Gasteiger partial charge >= 0.3 is 5.97 Å². The summed E-state index contributed by atoms with van der Waals surface area (Å²) in [5.74, 6) is -0.823. The summed E-state index contributed by atoms with van der Waals surface area (Å²) in [6, 6.07) is 20.2. The van der Waals surface area contributed by atoms with Crippen LogP contribution in [0.15, 0.2) is 78.0 Å². The molecule has 0 radical (unpaired) electrons. The van der Waals surface area contributed by atoms with Gasteiger partial charge in [0.15, 0.2) is 11.6 Å². The van der Waals surface area contributed by atoms with E-state index in [4.69, 9.17) is 25.2 Å². The van der Waals surface area contributed by atoms with E-state index >= 15 is 0 Å². The Morgan fingerprint density at radius 1 is 1.06 bits per heavy atom. The molecule has 0 bridgehead atoms. The first-order chi connectivity index (χ1) is 16.0. The molecule has 3 aromatic carbocycles. The summed E-state index contributed by atoms with van der Waals surface area (Å²) < 4.78 is 25.8. The van der Waals surface area contributed by atoms with Gasteiger partial charge in [-0.2, -0.15) is 0 Å². The summed E-state index contributed by atoms with van der Waals surface area (Å²) in [6.45, 7) is 0.194. The second-order valence-corrected chi connectivity index (χ2v) is 7.20. The minimum absolute atomic E-state index is 0.0426. The van der Waals surface area contributed by atoms with E-state index in [1.165, 1.54) is 19.2 Å². The van der Waals surface area contributed by atoms with Gasteiger partial charge in [0, 0.05) is 11.6 Å². The minimum atomic E-state index is -0.959. The molecule has 0 aromatic heterocycles. The molecule has 0 aliphatic rings. The van der Waals surface area contributed by atoms with E-state index in [1.807, 2.05) is 30.3 Å². The zero-order valence-electron chi connectivity index (χ0n) is 18.1. The second-order valence-electron chi connectivity index (χ2n) is 7.20. The van der Waals surface area contributed by atoms with Crippen LogP contribution in [0.25, 0.3) is 0 Å². The summed E-state index contributed by atoms with van der Waals surface area (Å²) in [7, 11) is 1.44. The fourth-order valence-corrected chi connectivity index (χ4v) is 3.08. The molecule has 0 aliphatic heterocycles. The van der Waals surface area contributed by atoms with Crippen molar-refractivity contribution in [1.29, 1.82) is 0 Å². The smallest absolute Gasteiger partial charge is 0.305 e. The zero-order valence-corrected chi connectivity index (χ0v) is 18.1. The maximum absolute atomic E-state index is 14.5. The predicted molar refractivity (Wildman–Crippen MR) is 122 cm³/mol. The number of oxime groups is 1. The highest BCUT2D eigenvalue weighted by atomic mass is 19.1. The van der Waals surface area contributed by atoms with Gasteiger partial charge < -0.3 is 25.2 Å². The summed E-state index contributed by atoms with van der Waals surface area (Å²) in [4.78, 5) is 15.6. The number of hydrogen-bond acceptors (Lipinski definition) is 6. The molecule has 0 aliphatic carbocycles. The first-order valence-electron chi connectivity index (χ1n) is 10.2. The molecule has 172 valence electrons. The molecule has 0 fully saturated rings. The molecule has 1 unspecified atom stereocenters. The van der Waals surface area contributed by atoms with Gasteiger partial charge in [0.2, 0.25) is 0 Å². The van der Waals surface area contributed by atoms with Crippen LogP contribution in [0.4, 0.5) is 4.39 Å². The SMILES string of the molecule is CO/N=C(/COc1ccc(COc2ccc(C(N)CC(=O)O)cc2)cc1F)c1ccccc1. The number of nitrogens with zero attached hydrogens (tertiary/aromatic N) is 1. The van der Waals surface area contributed by atoms with Gasteiger partial charge in [-0.15, -0.1) is 0 Å². The maximum atomic E-state index is 14.5. The van der Waals surface area contributed by atoms with E-state index < -0.39 is 17.8 Å². The van der Waals surface area contributed by atoms with Crippen LogP contribution in [0.5, 0.6) is 11.5 Å². The fraction of sp³-hybridized carbons (Fsp3) is 0.200. The van der Waals surface area contributed by atoms with E-state index in [0.717, 1.165) is 5.56 Å². The van der Waals surface area contributed by atoms with E-state index in [9.17, 15) is 9.18 Å². The molecule has 33 heavy (non-hydrogen) atoms. The van der Waals surface area contributed by atoms with Gasteiger partial charge in [-0.05, 0) is 35.4 Å². The standard InChI is InChI=1S/C25H25FN2O5/c1-31-28-23(19-5-3-2-4-6-19)16-33-24-12-7-17(13-21(24)26)15-32-20-10-8-18(9-11-20)22(27)14-25(29)30/h2-13,22H,14-16,27H2,1H3,(H,29,30)/b28-23-. The molecular weight excluding hydrogens is 427 g/mol. The Labute approximate surface area is 191 Å². The van der Waals surface area contributed by atoms with Crippen molar-refractivity contribution in [2.75, 3.05) is 13.7 Å². The Hall–Kier alpha value is -3.91. The number of halogens is 1. The summed E-state index contributed by atoms with van der Waals surface area (Å²) in [5, 5.41) is 12.8. The van der Waals surface area contributed by atoms with Gasteiger partial charge in [-0.1, -0.05) is 53.7 Å². The predicted octanol–water partition coefficient (Wildman–Crippen LogP) is 4.31. The number of carboxylic acids is 1. The van der Waals surface area contributed by atoms with E-state index in [0.29, 0.717) is 22.6 Å². The fourth-order valence-electron chi connectivity index (χ4n) is 3.08. The summed E-state index contributed by atoms with van der Waals surface area (Å²) >= 11 is 0. The Balaban J connectivity index is 1.57. The molecule has 8 heteroatoms. The third-order valence-electron chi connectivity index (χ3n) is 4.78. The molecule has 0 saturated heterocycles. The van der Waals surface area contributed by atoms with Crippen molar-refractivity contribution < 1.29 is 28.6 Å². The Morgan fingerprint density at radius 2 is 1.79 bits per heavy atom. The van der Waals surface area contributed by atoms with Gasteiger partial charge in [0.25, 0.3) is 0 Å². The minimum Gasteiger partial charge on any atom is -0.489 e. The highest BCUT2D eigenvalue weighted by molar-refractivity contribution is 6.01. The van der Waals surface area contributed by atoms with Crippen molar-refractivity contribution in [2.24, 2.45) is 10.9 Å². The number of carboxylic acid groups (broad SMARTS) is 1. The van der Waals surface area contributed by atoms with Gasteiger partial charge in [0.05, 0.1) is 6.42 Å². The second kappa shape index (κ2) is 11.6. The lowest BCUT2D eigenvalue weighted by Crippen LogP contribution is -2.14. The topological polar surface area (TPSA) is 103 Å². The van der Waals surface area contributed by atoms with Gasteiger partial charge in [-0.25, -0.2) is 4.39 Å². The van der Waals surface area contributed by atoms with Crippen LogP contribution < -0.4 is 15.2 Å². The summed E-state index contributed by atoms with van der Waals surface area (Å²) in [6.07, 6.45) is -0.155. The molecule has 3 aromatic rings. The van der Waals surface area contributed by atoms with Crippen LogP contribution in [0.3, 0.4) is 0 Å². The van der Waals surface area contributed by atoms with Crippen molar-refractivity contribution >= 4 is 11.7 Å². The molecule has 0 saturated carbocycles. The van der Waals surface area contributed by atoms with Crippen molar-refractivity contribution in [3.8, 4) is 11.5 Å².